The number of benzene rings is 1. The largest absolute Gasteiger partial charge is 0.469 e. The van der Waals surface area contributed by atoms with Gasteiger partial charge in [0, 0.05) is 6.04 Å². The molecule has 0 amide bonds. The summed E-state index contributed by atoms with van der Waals surface area (Å²) in [5.74, 6) is -0.545. The number of nitriles is 1. The molecule has 4 heteroatoms. The molecular weight excluding hydrogens is 216 g/mol. The molecule has 17 heavy (non-hydrogen) atoms. The van der Waals surface area contributed by atoms with Gasteiger partial charge in [0.05, 0.1) is 25.1 Å². The van der Waals surface area contributed by atoms with Gasteiger partial charge in [-0.3, -0.25) is 10.1 Å². The Labute approximate surface area is 100 Å². The predicted molar refractivity (Wildman–Crippen MR) is 61.8 cm³/mol. The average molecular weight is 230 g/mol. The van der Waals surface area contributed by atoms with Gasteiger partial charge in [0.1, 0.15) is 0 Å². The highest BCUT2D eigenvalue weighted by Gasteiger charge is 2.39. The van der Waals surface area contributed by atoms with Crippen LogP contribution in [0.3, 0.4) is 0 Å². The lowest BCUT2D eigenvalue weighted by Crippen LogP contribution is -2.26. The van der Waals surface area contributed by atoms with E-state index in [0.29, 0.717) is 6.42 Å². The Kier molecular flexibility index (Phi) is 3.40. The molecule has 3 atom stereocenters. The predicted octanol–water partition coefficient (Wildman–Crippen LogP) is 1.40. The van der Waals surface area contributed by atoms with E-state index in [4.69, 9.17) is 10.00 Å². The SMILES string of the molecule is COC(=O)[C@H]1C[C@@H](C#N)N[C@H]1c1ccccc1. The van der Waals surface area contributed by atoms with Gasteiger partial charge in [-0.2, -0.15) is 5.26 Å². The number of carbonyl (C=O) groups excluding carboxylic acids is 1. The van der Waals surface area contributed by atoms with E-state index in [2.05, 4.69) is 11.4 Å². The summed E-state index contributed by atoms with van der Waals surface area (Å²) in [6, 6.07) is 11.4. The van der Waals surface area contributed by atoms with Crippen LogP contribution in [0.4, 0.5) is 0 Å². The Morgan fingerprint density at radius 1 is 1.47 bits per heavy atom. The normalized spacial score (nSPS) is 27.4. The van der Waals surface area contributed by atoms with Crippen molar-refractivity contribution in [3.8, 4) is 6.07 Å². The molecule has 1 aliphatic heterocycles. The van der Waals surface area contributed by atoms with Crippen molar-refractivity contribution < 1.29 is 9.53 Å². The van der Waals surface area contributed by atoms with Crippen molar-refractivity contribution in [3.63, 3.8) is 0 Å². The molecule has 2 rings (SSSR count). The molecule has 1 heterocycles. The number of hydrogen-bond donors (Lipinski definition) is 1. The van der Waals surface area contributed by atoms with E-state index in [9.17, 15) is 4.79 Å². The molecule has 0 saturated carbocycles. The van der Waals surface area contributed by atoms with Crippen LogP contribution in [-0.2, 0) is 9.53 Å². The van der Waals surface area contributed by atoms with Crippen molar-refractivity contribution in [2.24, 2.45) is 5.92 Å². The summed E-state index contributed by atoms with van der Waals surface area (Å²) in [4.78, 5) is 11.7. The van der Waals surface area contributed by atoms with Crippen LogP contribution in [0.25, 0.3) is 0 Å². The van der Waals surface area contributed by atoms with Crippen LogP contribution < -0.4 is 5.32 Å². The molecule has 0 unspecified atom stereocenters. The highest BCUT2D eigenvalue weighted by atomic mass is 16.5. The van der Waals surface area contributed by atoms with Gasteiger partial charge in [-0.05, 0) is 12.0 Å². The molecule has 88 valence electrons. The fourth-order valence-electron chi connectivity index (χ4n) is 2.25. The van der Waals surface area contributed by atoms with Gasteiger partial charge >= 0.3 is 5.97 Å². The summed E-state index contributed by atoms with van der Waals surface area (Å²) >= 11 is 0. The third-order valence-electron chi connectivity index (χ3n) is 3.09. The summed E-state index contributed by atoms with van der Waals surface area (Å²) in [7, 11) is 1.38. The fraction of sp³-hybridized carbons (Fsp3) is 0.385. The van der Waals surface area contributed by atoms with Gasteiger partial charge in [0.25, 0.3) is 0 Å². The van der Waals surface area contributed by atoms with Crippen molar-refractivity contribution in [2.45, 2.75) is 18.5 Å². The zero-order chi connectivity index (χ0) is 12.3. The second kappa shape index (κ2) is 4.98. The number of rotatable bonds is 2. The molecule has 1 saturated heterocycles. The van der Waals surface area contributed by atoms with Gasteiger partial charge in [0.15, 0.2) is 0 Å². The summed E-state index contributed by atoms with van der Waals surface area (Å²) < 4.78 is 4.79. The minimum Gasteiger partial charge on any atom is -0.469 e. The molecular formula is C13H14N2O2. The Hall–Kier alpha value is -1.86. The minimum atomic E-state index is -0.288. The molecule has 0 aliphatic carbocycles. The third kappa shape index (κ3) is 2.29. The molecule has 1 aromatic rings. The lowest BCUT2D eigenvalue weighted by Gasteiger charge is -2.17. The Balaban J connectivity index is 2.25. The van der Waals surface area contributed by atoms with E-state index in [1.165, 1.54) is 7.11 Å². The van der Waals surface area contributed by atoms with Crippen molar-refractivity contribution in [3.05, 3.63) is 35.9 Å². The van der Waals surface area contributed by atoms with Gasteiger partial charge in [0.2, 0.25) is 0 Å². The van der Waals surface area contributed by atoms with Gasteiger partial charge in [-0.1, -0.05) is 30.3 Å². The second-order valence-corrected chi connectivity index (χ2v) is 4.10. The maximum atomic E-state index is 11.7. The number of carbonyl (C=O) groups is 1. The Bertz CT molecular complexity index is 438. The van der Waals surface area contributed by atoms with Crippen molar-refractivity contribution in [2.75, 3.05) is 7.11 Å². The van der Waals surface area contributed by atoms with E-state index in [1.54, 1.807) is 0 Å². The van der Waals surface area contributed by atoms with Crippen molar-refractivity contribution >= 4 is 5.97 Å². The second-order valence-electron chi connectivity index (χ2n) is 4.10. The first-order valence-electron chi connectivity index (χ1n) is 5.54. The van der Waals surface area contributed by atoms with Crippen LogP contribution in [0.2, 0.25) is 0 Å². The first-order chi connectivity index (χ1) is 8.26. The first kappa shape index (κ1) is 11.6. The molecule has 0 aromatic heterocycles. The number of nitrogens with zero attached hydrogens (tertiary/aromatic N) is 1. The highest BCUT2D eigenvalue weighted by Crippen LogP contribution is 2.33. The number of methoxy groups -OCH3 is 1. The van der Waals surface area contributed by atoms with E-state index in [0.717, 1.165) is 5.56 Å². The number of esters is 1. The summed E-state index contributed by atoms with van der Waals surface area (Å²) in [6.45, 7) is 0. The maximum Gasteiger partial charge on any atom is 0.310 e. The summed E-state index contributed by atoms with van der Waals surface area (Å²) in [5.41, 5.74) is 1.01. The molecule has 0 bridgehead atoms. The molecule has 1 aliphatic rings. The number of nitrogens with one attached hydrogen (secondary N) is 1. The quantitative estimate of drug-likeness (QED) is 0.780. The lowest BCUT2D eigenvalue weighted by molar-refractivity contribution is -0.145. The standard InChI is InChI=1S/C13H14N2O2/c1-17-13(16)11-7-10(8-14)15-12(11)9-5-3-2-4-6-9/h2-6,10-12,15H,7H2,1H3/t10-,11-,12-/m0/s1. The molecule has 0 spiro atoms. The molecule has 1 aromatic carbocycles. The first-order valence-corrected chi connectivity index (χ1v) is 5.54. The van der Waals surface area contributed by atoms with Crippen LogP contribution in [0.15, 0.2) is 30.3 Å². The van der Waals surface area contributed by atoms with Gasteiger partial charge in [-0.25, -0.2) is 0 Å². The van der Waals surface area contributed by atoms with E-state index < -0.39 is 0 Å². The van der Waals surface area contributed by atoms with Gasteiger partial charge in [-0.15, -0.1) is 0 Å². The zero-order valence-electron chi connectivity index (χ0n) is 9.59. The van der Waals surface area contributed by atoms with Crippen LogP contribution in [0, 0.1) is 17.2 Å². The number of hydrogen-bond acceptors (Lipinski definition) is 4. The number of ether oxygens (including phenoxy) is 1. The minimum absolute atomic E-state index is 0.131. The average Bonchev–Trinajstić information content (AvgIpc) is 2.83. The van der Waals surface area contributed by atoms with Crippen LogP contribution in [0.1, 0.15) is 18.0 Å². The van der Waals surface area contributed by atoms with E-state index in [1.807, 2.05) is 30.3 Å². The van der Waals surface area contributed by atoms with E-state index >= 15 is 0 Å². The maximum absolute atomic E-state index is 11.7. The summed E-state index contributed by atoms with van der Waals surface area (Å²) in [5, 5.41) is 12.1. The Morgan fingerprint density at radius 3 is 2.76 bits per heavy atom. The molecule has 1 N–H and O–H groups in total. The van der Waals surface area contributed by atoms with E-state index in [-0.39, 0.29) is 24.0 Å². The highest BCUT2D eigenvalue weighted by molar-refractivity contribution is 5.74. The van der Waals surface area contributed by atoms with Crippen LogP contribution in [-0.4, -0.2) is 19.1 Å². The van der Waals surface area contributed by atoms with Crippen LogP contribution >= 0.6 is 0 Å². The fourth-order valence-corrected chi connectivity index (χ4v) is 2.25. The monoisotopic (exact) mass is 230 g/mol. The molecule has 1 fully saturated rings. The van der Waals surface area contributed by atoms with Crippen molar-refractivity contribution in [1.82, 2.24) is 5.32 Å². The lowest BCUT2D eigenvalue weighted by atomic mass is 9.94. The third-order valence-corrected chi connectivity index (χ3v) is 3.09. The Morgan fingerprint density at radius 2 is 2.18 bits per heavy atom. The van der Waals surface area contributed by atoms with Crippen LogP contribution in [0.5, 0.6) is 0 Å². The topological polar surface area (TPSA) is 62.1 Å². The summed E-state index contributed by atoms with van der Waals surface area (Å²) in [6.07, 6.45) is 0.503. The van der Waals surface area contributed by atoms with Crippen molar-refractivity contribution in [1.29, 1.82) is 5.26 Å². The van der Waals surface area contributed by atoms with Gasteiger partial charge < -0.3 is 4.74 Å². The molecule has 0 radical (unpaired) electrons. The molecule has 4 nitrogen and oxygen atoms in total. The zero-order valence-corrected chi connectivity index (χ0v) is 9.59. The smallest absolute Gasteiger partial charge is 0.310 e.